The third kappa shape index (κ3) is 3.53. The van der Waals surface area contributed by atoms with Gasteiger partial charge < -0.3 is 10.6 Å². The van der Waals surface area contributed by atoms with Gasteiger partial charge in [0.1, 0.15) is 5.71 Å². The molecule has 2 heterocycles. The maximum atomic E-state index is 11.9. The van der Waals surface area contributed by atoms with Crippen molar-refractivity contribution < 1.29 is 9.59 Å². The first-order valence-corrected chi connectivity index (χ1v) is 6.86. The van der Waals surface area contributed by atoms with Crippen LogP contribution in [0.1, 0.15) is 39.5 Å². The van der Waals surface area contributed by atoms with Gasteiger partial charge in [-0.3, -0.25) is 9.59 Å². The fourth-order valence-electron chi connectivity index (χ4n) is 2.55. The molecule has 0 radical (unpaired) electrons. The van der Waals surface area contributed by atoms with Crippen molar-refractivity contribution >= 4 is 17.5 Å². The number of amides is 2. The monoisotopic (exact) mass is 266 g/mol. The number of hydrazone groups is 1. The number of hydrogen-bond acceptors (Lipinski definition) is 4. The molecule has 19 heavy (non-hydrogen) atoms. The van der Waals surface area contributed by atoms with Crippen LogP contribution in [0.3, 0.4) is 0 Å². The van der Waals surface area contributed by atoms with Gasteiger partial charge in [0.2, 0.25) is 5.91 Å². The zero-order chi connectivity index (χ0) is 13.9. The van der Waals surface area contributed by atoms with E-state index in [1.165, 1.54) is 6.42 Å². The number of nitrogens with zero attached hydrogens (tertiary/aromatic N) is 1. The van der Waals surface area contributed by atoms with Crippen molar-refractivity contribution in [2.75, 3.05) is 13.1 Å². The third-order valence-corrected chi connectivity index (χ3v) is 3.97. The van der Waals surface area contributed by atoms with E-state index in [4.69, 9.17) is 0 Å². The van der Waals surface area contributed by atoms with Gasteiger partial charge >= 0.3 is 0 Å². The van der Waals surface area contributed by atoms with Gasteiger partial charge in [-0.05, 0) is 24.8 Å². The van der Waals surface area contributed by atoms with E-state index in [9.17, 15) is 9.59 Å². The lowest BCUT2D eigenvalue weighted by Gasteiger charge is -2.39. The van der Waals surface area contributed by atoms with E-state index in [2.05, 4.69) is 35.0 Å². The summed E-state index contributed by atoms with van der Waals surface area (Å²) in [7, 11) is 0. The summed E-state index contributed by atoms with van der Waals surface area (Å²) in [4.78, 5) is 22.9. The van der Waals surface area contributed by atoms with E-state index in [1.807, 2.05) is 0 Å². The first kappa shape index (κ1) is 14.0. The molecule has 1 fully saturated rings. The zero-order valence-corrected chi connectivity index (χ0v) is 11.6. The number of hydrogen-bond donors (Lipinski definition) is 3. The van der Waals surface area contributed by atoms with Crippen molar-refractivity contribution in [2.45, 2.75) is 45.6 Å². The first-order chi connectivity index (χ1) is 8.99. The molecule has 2 aliphatic rings. The van der Waals surface area contributed by atoms with E-state index >= 15 is 0 Å². The molecule has 6 nitrogen and oxygen atoms in total. The molecular formula is C13H22N4O2. The molecule has 106 valence electrons. The second-order valence-corrected chi connectivity index (χ2v) is 5.90. The molecular weight excluding hydrogens is 244 g/mol. The Morgan fingerprint density at radius 2 is 2.26 bits per heavy atom. The highest BCUT2D eigenvalue weighted by atomic mass is 16.2. The standard InChI is InChI=1S/C13H22N4O2/c1-13(2)6-3-7-14-10(13)8-15-12(19)9-4-5-11(18)17-16-9/h10,14H,3-8H2,1-2H3,(H,15,19)(H,17,18). The Balaban J connectivity index is 1.85. The fraction of sp³-hybridized carbons (Fsp3) is 0.769. The second-order valence-electron chi connectivity index (χ2n) is 5.90. The van der Waals surface area contributed by atoms with Gasteiger partial charge in [0.15, 0.2) is 0 Å². The maximum Gasteiger partial charge on any atom is 0.267 e. The summed E-state index contributed by atoms with van der Waals surface area (Å²) >= 11 is 0. The van der Waals surface area contributed by atoms with Gasteiger partial charge in [-0.25, -0.2) is 5.43 Å². The first-order valence-electron chi connectivity index (χ1n) is 6.86. The number of nitrogens with one attached hydrogen (secondary N) is 3. The molecule has 2 rings (SSSR count). The predicted molar refractivity (Wildman–Crippen MR) is 72.6 cm³/mol. The van der Waals surface area contributed by atoms with E-state index in [0.717, 1.165) is 13.0 Å². The Bertz CT molecular complexity index is 403. The van der Waals surface area contributed by atoms with Crippen LogP contribution < -0.4 is 16.1 Å². The fourth-order valence-corrected chi connectivity index (χ4v) is 2.55. The molecule has 3 N–H and O–H groups in total. The van der Waals surface area contributed by atoms with Gasteiger partial charge in [-0.2, -0.15) is 5.10 Å². The van der Waals surface area contributed by atoms with Crippen LogP contribution in [0.15, 0.2) is 5.10 Å². The van der Waals surface area contributed by atoms with E-state index in [0.29, 0.717) is 25.1 Å². The Hall–Kier alpha value is -1.43. The Kier molecular flexibility index (Phi) is 4.19. The number of carbonyl (C=O) groups is 2. The quantitative estimate of drug-likeness (QED) is 0.680. The van der Waals surface area contributed by atoms with Crippen LogP contribution in [-0.2, 0) is 9.59 Å². The summed E-state index contributed by atoms with van der Waals surface area (Å²) in [5.74, 6) is -0.310. The molecule has 0 aliphatic carbocycles. The van der Waals surface area contributed by atoms with Crippen LogP contribution in [0.25, 0.3) is 0 Å². The van der Waals surface area contributed by atoms with Crippen LogP contribution >= 0.6 is 0 Å². The maximum absolute atomic E-state index is 11.9. The topological polar surface area (TPSA) is 82.6 Å². The summed E-state index contributed by atoms with van der Waals surface area (Å²) in [6, 6.07) is 0.281. The van der Waals surface area contributed by atoms with Crippen molar-refractivity contribution in [3.63, 3.8) is 0 Å². The van der Waals surface area contributed by atoms with E-state index in [-0.39, 0.29) is 23.3 Å². The smallest absolute Gasteiger partial charge is 0.267 e. The SMILES string of the molecule is CC1(C)CCCNC1CNC(=O)C1=NNC(=O)CC1. The van der Waals surface area contributed by atoms with Gasteiger partial charge in [-0.1, -0.05) is 13.8 Å². The Labute approximate surface area is 113 Å². The molecule has 0 saturated carbocycles. The van der Waals surface area contributed by atoms with E-state index in [1.54, 1.807) is 0 Å². The lowest BCUT2D eigenvalue weighted by atomic mass is 9.77. The molecule has 1 atom stereocenters. The van der Waals surface area contributed by atoms with Crippen molar-refractivity contribution in [3.05, 3.63) is 0 Å². The normalized spacial score (nSPS) is 26.3. The average molecular weight is 266 g/mol. The highest BCUT2D eigenvalue weighted by molar-refractivity contribution is 6.39. The zero-order valence-electron chi connectivity index (χ0n) is 11.6. The molecule has 1 unspecified atom stereocenters. The van der Waals surface area contributed by atoms with E-state index < -0.39 is 0 Å². The largest absolute Gasteiger partial charge is 0.349 e. The number of piperidine rings is 1. The summed E-state index contributed by atoms with van der Waals surface area (Å²) in [6.07, 6.45) is 3.09. The molecule has 0 aromatic heterocycles. The van der Waals surface area contributed by atoms with Gasteiger partial charge in [0.05, 0.1) is 0 Å². The lowest BCUT2D eigenvalue weighted by molar-refractivity contribution is -0.121. The molecule has 2 amide bonds. The molecule has 0 aromatic rings. The predicted octanol–water partition coefficient (Wildman–Crippen LogP) is 0.147. The molecule has 1 saturated heterocycles. The van der Waals surface area contributed by atoms with Gasteiger partial charge in [0, 0.05) is 25.4 Å². The second kappa shape index (κ2) is 5.69. The van der Waals surface area contributed by atoms with Crippen LogP contribution in [0.5, 0.6) is 0 Å². The summed E-state index contributed by atoms with van der Waals surface area (Å²) in [5.41, 5.74) is 2.94. The summed E-state index contributed by atoms with van der Waals surface area (Å²) < 4.78 is 0. The Morgan fingerprint density at radius 1 is 1.47 bits per heavy atom. The highest BCUT2D eigenvalue weighted by Gasteiger charge is 2.32. The van der Waals surface area contributed by atoms with Gasteiger partial charge in [-0.15, -0.1) is 0 Å². The molecule has 0 bridgehead atoms. The van der Waals surface area contributed by atoms with Gasteiger partial charge in [0.25, 0.3) is 5.91 Å². The van der Waals surface area contributed by atoms with Crippen LogP contribution in [-0.4, -0.2) is 36.7 Å². The summed E-state index contributed by atoms with van der Waals surface area (Å²) in [6.45, 7) is 6.03. The van der Waals surface area contributed by atoms with Crippen LogP contribution in [0.2, 0.25) is 0 Å². The van der Waals surface area contributed by atoms with Crippen LogP contribution in [0.4, 0.5) is 0 Å². The number of carbonyl (C=O) groups excluding carboxylic acids is 2. The summed E-state index contributed by atoms with van der Waals surface area (Å²) in [5, 5.41) is 10.2. The minimum absolute atomic E-state index is 0.133. The average Bonchev–Trinajstić information content (AvgIpc) is 2.37. The van der Waals surface area contributed by atoms with Crippen molar-refractivity contribution in [3.8, 4) is 0 Å². The molecule has 2 aliphatic heterocycles. The highest BCUT2D eigenvalue weighted by Crippen LogP contribution is 2.29. The minimum Gasteiger partial charge on any atom is -0.349 e. The minimum atomic E-state index is -0.178. The third-order valence-electron chi connectivity index (χ3n) is 3.97. The Morgan fingerprint density at radius 3 is 2.89 bits per heavy atom. The molecule has 0 spiro atoms. The van der Waals surface area contributed by atoms with Crippen molar-refractivity contribution in [2.24, 2.45) is 10.5 Å². The van der Waals surface area contributed by atoms with Crippen molar-refractivity contribution in [1.82, 2.24) is 16.1 Å². The number of rotatable bonds is 3. The van der Waals surface area contributed by atoms with Crippen molar-refractivity contribution in [1.29, 1.82) is 0 Å². The van der Waals surface area contributed by atoms with Crippen LogP contribution in [0, 0.1) is 5.41 Å². The lowest BCUT2D eigenvalue weighted by Crippen LogP contribution is -2.53. The molecule has 6 heteroatoms. The molecule has 0 aromatic carbocycles.